The fourth-order valence-electron chi connectivity index (χ4n) is 2.37. The first kappa shape index (κ1) is 11.0. The molecule has 0 bridgehead atoms. The molecule has 0 spiro atoms. The molecule has 0 unspecified atom stereocenters. The van der Waals surface area contributed by atoms with Gasteiger partial charge in [-0.1, -0.05) is 0 Å². The normalized spacial score (nSPS) is 20.6. The Morgan fingerprint density at radius 1 is 1.47 bits per heavy atom. The Balaban J connectivity index is 1.68. The molecule has 0 amide bonds. The number of thiophene rings is 1. The van der Waals surface area contributed by atoms with Crippen molar-refractivity contribution in [1.82, 2.24) is 15.1 Å². The maximum atomic E-state index is 4.64. The number of nitrogens with zero attached hydrogens (tertiary/aromatic N) is 2. The smallest absolute Gasteiger partial charge is 0.0931 e. The van der Waals surface area contributed by atoms with Gasteiger partial charge in [0, 0.05) is 23.7 Å². The average Bonchev–Trinajstić information content (AvgIpc) is 3.00. The fraction of sp³-hybridized carbons (Fsp3) is 0.462. The lowest BCUT2D eigenvalue weighted by Crippen LogP contribution is -2.32. The minimum atomic E-state index is 0.735. The van der Waals surface area contributed by atoms with E-state index < -0.39 is 0 Å². The lowest BCUT2D eigenvalue weighted by molar-refractivity contribution is 0.325. The summed E-state index contributed by atoms with van der Waals surface area (Å²) in [6, 6.07) is 4.23. The van der Waals surface area contributed by atoms with Crippen molar-refractivity contribution in [3.8, 4) is 11.3 Å². The topological polar surface area (TPSA) is 29.9 Å². The van der Waals surface area contributed by atoms with Crippen LogP contribution in [0.1, 0.15) is 12.8 Å². The standard InChI is InChI=1S/C13H17N3S/c1-2-11(8-14-5-1)9-16-6-3-13(15-16)12-4-7-17-10-12/h3-4,6-7,10-11,14H,1-2,5,8-9H2/t11-/m0/s1. The van der Waals surface area contributed by atoms with Gasteiger partial charge < -0.3 is 5.32 Å². The Kier molecular flexibility index (Phi) is 3.25. The van der Waals surface area contributed by atoms with Crippen LogP contribution in [-0.4, -0.2) is 22.9 Å². The van der Waals surface area contributed by atoms with E-state index in [-0.39, 0.29) is 0 Å². The largest absolute Gasteiger partial charge is 0.316 e. The van der Waals surface area contributed by atoms with Gasteiger partial charge in [-0.2, -0.15) is 16.4 Å². The van der Waals surface area contributed by atoms with E-state index in [0.717, 1.165) is 24.7 Å². The first-order valence-electron chi connectivity index (χ1n) is 6.18. The van der Waals surface area contributed by atoms with E-state index in [1.54, 1.807) is 11.3 Å². The van der Waals surface area contributed by atoms with E-state index in [1.165, 1.54) is 24.9 Å². The van der Waals surface area contributed by atoms with Crippen LogP contribution in [-0.2, 0) is 6.54 Å². The fourth-order valence-corrected chi connectivity index (χ4v) is 3.02. The van der Waals surface area contributed by atoms with Crippen molar-refractivity contribution in [1.29, 1.82) is 0 Å². The molecule has 0 aliphatic carbocycles. The van der Waals surface area contributed by atoms with Crippen molar-refractivity contribution in [2.75, 3.05) is 13.1 Å². The van der Waals surface area contributed by atoms with Crippen molar-refractivity contribution in [2.45, 2.75) is 19.4 Å². The highest BCUT2D eigenvalue weighted by Crippen LogP contribution is 2.20. The number of hydrogen-bond donors (Lipinski definition) is 1. The van der Waals surface area contributed by atoms with Crippen molar-refractivity contribution < 1.29 is 0 Å². The van der Waals surface area contributed by atoms with Gasteiger partial charge in [0.25, 0.3) is 0 Å². The molecule has 1 aliphatic heterocycles. The summed E-state index contributed by atoms with van der Waals surface area (Å²) in [5.74, 6) is 0.735. The van der Waals surface area contributed by atoms with E-state index in [4.69, 9.17) is 0 Å². The molecule has 3 nitrogen and oxygen atoms in total. The van der Waals surface area contributed by atoms with Gasteiger partial charge in [0.1, 0.15) is 0 Å². The van der Waals surface area contributed by atoms with Crippen LogP contribution >= 0.6 is 11.3 Å². The summed E-state index contributed by atoms with van der Waals surface area (Å²) in [5, 5.41) is 12.3. The van der Waals surface area contributed by atoms with Crippen molar-refractivity contribution in [3.63, 3.8) is 0 Å². The van der Waals surface area contributed by atoms with Crippen LogP contribution in [0.25, 0.3) is 11.3 Å². The minimum Gasteiger partial charge on any atom is -0.316 e. The van der Waals surface area contributed by atoms with Gasteiger partial charge in [-0.05, 0) is 49.4 Å². The first-order chi connectivity index (χ1) is 8.42. The lowest BCUT2D eigenvalue weighted by Gasteiger charge is -2.22. The predicted molar refractivity (Wildman–Crippen MR) is 71.1 cm³/mol. The second-order valence-electron chi connectivity index (χ2n) is 4.65. The summed E-state index contributed by atoms with van der Waals surface area (Å²) in [4.78, 5) is 0. The van der Waals surface area contributed by atoms with Gasteiger partial charge in [0.05, 0.1) is 5.69 Å². The monoisotopic (exact) mass is 247 g/mol. The molecular formula is C13H17N3S. The van der Waals surface area contributed by atoms with E-state index in [9.17, 15) is 0 Å². The van der Waals surface area contributed by atoms with Crippen LogP contribution in [0.2, 0.25) is 0 Å². The number of nitrogens with one attached hydrogen (secondary N) is 1. The maximum Gasteiger partial charge on any atom is 0.0931 e. The molecule has 1 saturated heterocycles. The molecule has 3 heterocycles. The van der Waals surface area contributed by atoms with Gasteiger partial charge in [-0.25, -0.2) is 0 Å². The van der Waals surface area contributed by atoms with E-state index in [1.807, 2.05) is 0 Å². The van der Waals surface area contributed by atoms with E-state index in [2.05, 4.69) is 44.2 Å². The Morgan fingerprint density at radius 3 is 3.24 bits per heavy atom. The van der Waals surface area contributed by atoms with Gasteiger partial charge in [-0.3, -0.25) is 4.68 Å². The summed E-state index contributed by atoms with van der Waals surface area (Å²) in [5.41, 5.74) is 2.32. The number of piperidine rings is 1. The third-order valence-electron chi connectivity index (χ3n) is 3.30. The van der Waals surface area contributed by atoms with Crippen LogP contribution in [0.5, 0.6) is 0 Å². The third kappa shape index (κ3) is 2.58. The molecule has 1 fully saturated rings. The van der Waals surface area contributed by atoms with Gasteiger partial charge in [0.15, 0.2) is 0 Å². The SMILES string of the molecule is c1cc(-c2ccn(C[C@H]3CCCNC3)n2)cs1. The number of aromatic nitrogens is 2. The lowest BCUT2D eigenvalue weighted by atomic mass is 10.00. The molecule has 4 heteroatoms. The number of hydrogen-bond acceptors (Lipinski definition) is 3. The molecule has 0 saturated carbocycles. The van der Waals surface area contributed by atoms with Crippen LogP contribution in [0.15, 0.2) is 29.1 Å². The molecule has 90 valence electrons. The molecule has 3 rings (SSSR count). The van der Waals surface area contributed by atoms with Gasteiger partial charge >= 0.3 is 0 Å². The summed E-state index contributed by atoms with van der Waals surface area (Å²) in [7, 11) is 0. The quantitative estimate of drug-likeness (QED) is 0.903. The molecule has 17 heavy (non-hydrogen) atoms. The first-order valence-corrected chi connectivity index (χ1v) is 7.13. The predicted octanol–water partition coefficient (Wildman–Crippen LogP) is 2.61. The van der Waals surface area contributed by atoms with Crippen molar-refractivity contribution >= 4 is 11.3 Å². The zero-order valence-electron chi connectivity index (χ0n) is 9.80. The highest BCUT2D eigenvalue weighted by Gasteiger charge is 2.14. The molecule has 1 N–H and O–H groups in total. The molecular weight excluding hydrogens is 230 g/mol. The van der Waals surface area contributed by atoms with Crippen molar-refractivity contribution in [3.05, 3.63) is 29.1 Å². The Labute approximate surface area is 105 Å². The molecule has 2 aromatic heterocycles. The zero-order valence-corrected chi connectivity index (χ0v) is 10.6. The third-order valence-corrected chi connectivity index (χ3v) is 3.99. The van der Waals surface area contributed by atoms with Crippen LogP contribution < -0.4 is 5.32 Å². The second-order valence-corrected chi connectivity index (χ2v) is 5.43. The van der Waals surface area contributed by atoms with Gasteiger partial charge in [-0.15, -0.1) is 0 Å². The van der Waals surface area contributed by atoms with E-state index in [0.29, 0.717) is 0 Å². The average molecular weight is 247 g/mol. The molecule has 0 radical (unpaired) electrons. The van der Waals surface area contributed by atoms with Crippen LogP contribution in [0.4, 0.5) is 0 Å². The minimum absolute atomic E-state index is 0.735. The summed E-state index contributed by atoms with van der Waals surface area (Å²) in [6.07, 6.45) is 4.71. The summed E-state index contributed by atoms with van der Waals surface area (Å²) in [6.45, 7) is 3.35. The van der Waals surface area contributed by atoms with Crippen LogP contribution in [0, 0.1) is 5.92 Å². The highest BCUT2D eigenvalue weighted by molar-refractivity contribution is 7.08. The van der Waals surface area contributed by atoms with E-state index >= 15 is 0 Å². The molecule has 2 aromatic rings. The molecule has 1 aliphatic rings. The maximum absolute atomic E-state index is 4.64. The zero-order chi connectivity index (χ0) is 11.5. The Bertz CT molecular complexity index is 455. The van der Waals surface area contributed by atoms with Crippen LogP contribution in [0.3, 0.4) is 0 Å². The Hall–Kier alpha value is -1.13. The summed E-state index contributed by atoms with van der Waals surface area (Å²) < 4.78 is 2.09. The van der Waals surface area contributed by atoms with Gasteiger partial charge in [0.2, 0.25) is 0 Å². The second kappa shape index (κ2) is 5.02. The summed E-state index contributed by atoms with van der Waals surface area (Å²) >= 11 is 1.72. The van der Waals surface area contributed by atoms with Crippen molar-refractivity contribution in [2.24, 2.45) is 5.92 Å². The highest BCUT2D eigenvalue weighted by atomic mass is 32.1. The molecule has 0 aromatic carbocycles. The Morgan fingerprint density at radius 2 is 2.47 bits per heavy atom. The molecule has 1 atom stereocenters. The number of rotatable bonds is 3.